The number of aryl methyl sites for hydroxylation is 3. The zero-order valence-corrected chi connectivity index (χ0v) is 18.0. The summed E-state index contributed by atoms with van der Waals surface area (Å²) in [5.74, 6) is 0.736. The maximum Gasteiger partial charge on any atom is 0.240 e. The Morgan fingerprint density at radius 2 is 1.97 bits per heavy atom. The highest BCUT2D eigenvalue weighted by Crippen LogP contribution is 2.38. The minimum absolute atomic E-state index is 0.106. The third kappa shape index (κ3) is 3.97. The zero-order chi connectivity index (χ0) is 20.5. The minimum Gasteiger partial charge on any atom is -0.325 e. The Hall–Kier alpha value is -2.51. The molecule has 2 aromatic carbocycles. The second-order valence-electron chi connectivity index (χ2n) is 7.09. The number of rotatable bonds is 4. The van der Waals surface area contributed by atoms with Gasteiger partial charge in [-0.15, -0.1) is 10.2 Å². The Bertz CT molecular complexity index is 1050. The number of nitrogens with zero attached hydrogens (tertiary/aromatic N) is 3. The average molecular weight is 428 g/mol. The van der Waals surface area contributed by atoms with Crippen molar-refractivity contribution in [3.05, 3.63) is 70.0 Å². The molecule has 0 unspecified atom stereocenters. The standard InChI is InChI=1S/C21H22ClN5OS/c1-4-17-24-25-21-27(17)26-18(14-8-5-12(2)6-9-14)19(29-21)20(28)23-16-11-15(22)10-7-13(16)3/h5-11,18-19,26H,4H2,1-3H3,(H,23,28)/t18-,19+/m1/s1. The number of thioether (sulfide) groups is 1. The third-order valence-corrected chi connectivity index (χ3v) is 6.42. The van der Waals surface area contributed by atoms with Crippen LogP contribution in [-0.2, 0) is 11.2 Å². The number of carbonyl (C=O) groups is 1. The van der Waals surface area contributed by atoms with Crippen LogP contribution in [0.2, 0.25) is 5.02 Å². The van der Waals surface area contributed by atoms with E-state index in [9.17, 15) is 4.79 Å². The number of amides is 1. The highest BCUT2D eigenvalue weighted by Gasteiger charge is 2.37. The van der Waals surface area contributed by atoms with E-state index in [-0.39, 0.29) is 11.9 Å². The van der Waals surface area contributed by atoms with Crippen LogP contribution < -0.4 is 10.7 Å². The van der Waals surface area contributed by atoms with Gasteiger partial charge in [0.25, 0.3) is 0 Å². The molecule has 29 heavy (non-hydrogen) atoms. The summed E-state index contributed by atoms with van der Waals surface area (Å²) in [6.07, 6.45) is 0.750. The van der Waals surface area contributed by atoms with Gasteiger partial charge in [-0.05, 0) is 37.1 Å². The molecule has 0 fully saturated rings. The number of benzene rings is 2. The highest BCUT2D eigenvalue weighted by molar-refractivity contribution is 8.00. The van der Waals surface area contributed by atoms with Crippen molar-refractivity contribution in [1.82, 2.24) is 14.9 Å². The summed E-state index contributed by atoms with van der Waals surface area (Å²) in [6, 6.07) is 13.5. The van der Waals surface area contributed by atoms with Gasteiger partial charge in [-0.3, -0.25) is 4.79 Å². The van der Waals surface area contributed by atoms with Gasteiger partial charge < -0.3 is 10.7 Å². The number of hydrogen-bond donors (Lipinski definition) is 2. The van der Waals surface area contributed by atoms with Crippen LogP contribution in [0.4, 0.5) is 5.69 Å². The van der Waals surface area contributed by atoms with Gasteiger partial charge in [0.15, 0.2) is 5.82 Å². The van der Waals surface area contributed by atoms with Crippen LogP contribution in [0, 0.1) is 13.8 Å². The molecule has 6 nitrogen and oxygen atoms in total. The van der Waals surface area contributed by atoms with E-state index in [1.807, 2.05) is 37.6 Å². The molecule has 2 N–H and O–H groups in total. The molecule has 2 heterocycles. The summed E-state index contributed by atoms with van der Waals surface area (Å²) in [7, 11) is 0. The second kappa shape index (κ2) is 8.08. The van der Waals surface area contributed by atoms with E-state index < -0.39 is 5.25 Å². The van der Waals surface area contributed by atoms with E-state index in [2.05, 4.69) is 45.2 Å². The number of nitrogens with one attached hydrogen (secondary N) is 2. The lowest BCUT2D eigenvalue weighted by atomic mass is 10.0. The van der Waals surface area contributed by atoms with Gasteiger partial charge in [0, 0.05) is 17.1 Å². The van der Waals surface area contributed by atoms with E-state index in [0.717, 1.165) is 23.4 Å². The maximum absolute atomic E-state index is 13.3. The summed E-state index contributed by atoms with van der Waals surface area (Å²) in [4.78, 5) is 13.3. The molecule has 150 valence electrons. The predicted molar refractivity (Wildman–Crippen MR) is 117 cm³/mol. The van der Waals surface area contributed by atoms with Crippen LogP contribution in [0.5, 0.6) is 0 Å². The molecule has 0 saturated carbocycles. The number of fused-ring (bicyclic) bond motifs is 1. The first-order chi connectivity index (χ1) is 14.0. The molecule has 0 bridgehead atoms. The van der Waals surface area contributed by atoms with Gasteiger partial charge in [0.05, 0.1) is 6.04 Å². The Kier molecular flexibility index (Phi) is 5.52. The normalized spacial score (nSPS) is 18.1. The smallest absolute Gasteiger partial charge is 0.240 e. The fourth-order valence-corrected chi connectivity index (χ4v) is 4.56. The molecule has 1 aromatic heterocycles. The minimum atomic E-state index is -0.419. The van der Waals surface area contributed by atoms with Gasteiger partial charge in [0.1, 0.15) is 5.25 Å². The van der Waals surface area contributed by atoms with Gasteiger partial charge >= 0.3 is 0 Å². The van der Waals surface area contributed by atoms with Crippen molar-refractivity contribution in [1.29, 1.82) is 0 Å². The summed E-state index contributed by atoms with van der Waals surface area (Å²) in [5, 5.41) is 12.4. The summed E-state index contributed by atoms with van der Waals surface area (Å²) in [6.45, 7) is 6.02. The van der Waals surface area contributed by atoms with Crippen LogP contribution in [0.3, 0.4) is 0 Å². The van der Waals surface area contributed by atoms with Crippen molar-refractivity contribution in [3.63, 3.8) is 0 Å². The average Bonchev–Trinajstić information content (AvgIpc) is 3.12. The number of anilines is 1. The Labute approximate surface area is 179 Å². The van der Waals surface area contributed by atoms with Crippen LogP contribution in [-0.4, -0.2) is 26.0 Å². The quantitative estimate of drug-likeness (QED) is 0.641. The predicted octanol–water partition coefficient (Wildman–Crippen LogP) is 4.51. The first kappa shape index (κ1) is 19.8. The van der Waals surface area contributed by atoms with Gasteiger partial charge in [-0.2, -0.15) is 0 Å². The Morgan fingerprint density at radius 1 is 1.21 bits per heavy atom. The van der Waals surface area contributed by atoms with Crippen molar-refractivity contribution in [3.8, 4) is 0 Å². The molecule has 0 aliphatic carbocycles. The molecule has 3 aromatic rings. The van der Waals surface area contributed by atoms with Crippen molar-refractivity contribution >= 4 is 35.0 Å². The van der Waals surface area contributed by atoms with Crippen molar-refractivity contribution in [2.24, 2.45) is 0 Å². The van der Waals surface area contributed by atoms with Crippen LogP contribution in [0.25, 0.3) is 0 Å². The number of aromatic nitrogens is 3. The molecule has 0 saturated heterocycles. The lowest BCUT2D eigenvalue weighted by Gasteiger charge is -2.33. The monoisotopic (exact) mass is 427 g/mol. The zero-order valence-electron chi connectivity index (χ0n) is 16.4. The molecule has 0 radical (unpaired) electrons. The Morgan fingerprint density at radius 3 is 2.69 bits per heavy atom. The summed E-state index contributed by atoms with van der Waals surface area (Å²) >= 11 is 7.54. The Balaban J connectivity index is 1.68. The third-order valence-electron chi connectivity index (χ3n) is 4.97. The van der Waals surface area contributed by atoms with Gasteiger partial charge in [-0.25, -0.2) is 4.68 Å². The topological polar surface area (TPSA) is 71.8 Å². The maximum atomic E-state index is 13.3. The molecule has 1 aliphatic rings. The largest absolute Gasteiger partial charge is 0.325 e. The molecular formula is C21H22ClN5OS. The van der Waals surface area contributed by atoms with Crippen molar-refractivity contribution < 1.29 is 4.79 Å². The van der Waals surface area contributed by atoms with Gasteiger partial charge in [0.2, 0.25) is 11.1 Å². The van der Waals surface area contributed by atoms with E-state index in [4.69, 9.17) is 11.6 Å². The number of carbonyl (C=O) groups excluding carboxylic acids is 1. The molecular weight excluding hydrogens is 406 g/mol. The van der Waals surface area contributed by atoms with Crippen molar-refractivity contribution in [2.75, 3.05) is 10.7 Å². The highest BCUT2D eigenvalue weighted by atomic mass is 35.5. The van der Waals surface area contributed by atoms with Crippen LogP contribution >= 0.6 is 23.4 Å². The molecule has 1 amide bonds. The lowest BCUT2D eigenvalue weighted by molar-refractivity contribution is -0.116. The van der Waals surface area contributed by atoms with E-state index in [1.54, 1.807) is 6.07 Å². The number of hydrogen-bond acceptors (Lipinski definition) is 5. The molecule has 1 aliphatic heterocycles. The molecule has 8 heteroatoms. The lowest BCUT2D eigenvalue weighted by Crippen LogP contribution is -2.41. The van der Waals surface area contributed by atoms with E-state index >= 15 is 0 Å². The fraction of sp³-hybridized carbons (Fsp3) is 0.286. The van der Waals surface area contributed by atoms with E-state index in [1.165, 1.54) is 17.3 Å². The molecule has 2 atom stereocenters. The number of halogens is 1. The molecule has 0 spiro atoms. The summed E-state index contributed by atoms with van der Waals surface area (Å²) < 4.78 is 1.89. The van der Waals surface area contributed by atoms with Crippen LogP contribution in [0.1, 0.15) is 35.5 Å². The van der Waals surface area contributed by atoms with Crippen LogP contribution in [0.15, 0.2) is 47.6 Å². The van der Waals surface area contributed by atoms with Crippen molar-refractivity contribution in [2.45, 2.75) is 43.6 Å². The summed E-state index contributed by atoms with van der Waals surface area (Å²) in [5.41, 5.74) is 7.34. The first-order valence-electron chi connectivity index (χ1n) is 9.47. The van der Waals surface area contributed by atoms with E-state index in [0.29, 0.717) is 15.9 Å². The molecule has 4 rings (SSSR count). The SMILES string of the molecule is CCc1nnc2n1N[C@H](c1ccc(C)cc1)[C@@H](C(=O)Nc1cc(Cl)ccc1C)S2. The second-order valence-corrected chi connectivity index (χ2v) is 8.64. The van der Waals surface area contributed by atoms with Gasteiger partial charge in [-0.1, -0.05) is 66.2 Å². The first-order valence-corrected chi connectivity index (χ1v) is 10.7. The fourth-order valence-electron chi connectivity index (χ4n) is 3.28.